The highest BCUT2D eigenvalue weighted by Gasteiger charge is 2.19. The Morgan fingerprint density at radius 3 is 2.53 bits per heavy atom. The SMILES string of the molecule is N#Cc1cc(O)c(CN)c(S(=O)(=O)Cl)c1. The minimum atomic E-state index is -4.02. The second-order valence-corrected chi connectivity index (χ2v) is 5.26. The van der Waals surface area contributed by atoms with E-state index in [2.05, 4.69) is 0 Å². The molecule has 0 saturated heterocycles. The van der Waals surface area contributed by atoms with Crippen molar-refractivity contribution in [3.63, 3.8) is 0 Å². The highest BCUT2D eigenvalue weighted by Crippen LogP contribution is 2.28. The van der Waals surface area contributed by atoms with Crippen LogP contribution in [0.1, 0.15) is 11.1 Å². The number of benzene rings is 1. The van der Waals surface area contributed by atoms with Crippen molar-refractivity contribution in [2.75, 3.05) is 0 Å². The van der Waals surface area contributed by atoms with Crippen molar-refractivity contribution in [3.8, 4) is 11.8 Å². The van der Waals surface area contributed by atoms with Crippen LogP contribution >= 0.6 is 10.7 Å². The van der Waals surface area contributed by atoms with Crippen LogP contribution in [0.5, 0.6) is 5.75 Å². The van der Waals surface area contributed by atoms with Crippen molar-refractivity contribution in [2.45, 2.75) is 11.4 Å². The lowest BCUT2D eigenvalue weighted by molar-refractivity contribution is 0.465. The predicted octanol–water partition coefficient (Wildman–Crippen LogP) is 0.650. The zero-order chi connectivity index (χ0) is 11.6. The Bertz CT molecular complexity index is 534. The molecule has 5 nitrogen and oxygen atoms in total. The highest BCUT2D eigenvalue weighted by molar-refractivity contribution is 8.13. The van der Waals surface area contributed by atoms with E-state index in [4.69, 9.17) is 21.7 Å². The van der Waals surface area contributed by atoms with Gasteiger partial charge in [-0.3, -0.25) is 0 Å². The Morgan fingerprint density at radius 1 is 1.53 bits per heavy atom. The quantitative estimate of drug-likeness (QED) is 0.746. The largest absolute Gasteiger partial charge is 0.508 e. The van der Waals surface area contributed by atoms with E-state index in [1.807, 2.05) is 0 Å². The first-order chi connectivity index (χ1) is 6.90. The fourth-order valence-corrected chi connectivity index (χ4v) is 2.28. The van der Waals surface area contributed by atoms with Gasteiger partial charge in [0.2, 0.25) is 0 Å². The van der Waals surface area contributed by atoms with Crippen LogP contribution in [-0.2, 0) is 15.6 Å². The van der Waals surface area contributed by atoms with Crippen LogP contribution < -0.4 is 5.73 Å². The molecule has 0 bridgehead atoms. The fourth-order valence-electron chi connectivity index (χ4n) is 1.12. The molecule has 80 valence electrons. The number of phenolic OH excluding ortho intramolecular Hbond substituents is 1. The number of hydrogen-bond donors (Lipinski definition) is 2. The van der Waals surface area contributed by atoms with Crippen LogP contribution in [-0.4, -0.2) is 13.5 Å². The molecule has 0 aliphatic heterocycles. The molecule has 1 aromatic rings. The lowest BCUT2D eigenvalue weighted by Gasteiger charge is -2.07. The van der Waals surface area contributed by atoms with E-state index >= 15 is 0 Å². The Morgan fingerprint density at radius 2 is 2.13 bits per heavy atom. The zero-order valence-electron chi connectivity index (χ0n) is 7.44. The van der Waals surface area contributed by atoms with E-state index < -0.39 is 9.05 Å². The van der Waals surface area contributed by atoms with Gasteiger partial charge in [0.15, 0.2) is 0 Å². The van der Waals surface area contributed by atoms with Gasteiger partial charge < -0.3 is 10.8 Å². The Hall–Kier alpha value is -1.29. The summed E-state index contributed by atoms with van der Waals surface area (Å²) < 4.78 is 22.2. The van der Waals surface area contributed by atoms with Gasteiger partial charge in [0, 0.05) is 22.8 Å². The highest BCUT2D eigenvalue weighted by atomic mass is 35.7. The number of nitriles is 1. The Labute approximate surface area is 91.1 Å². The molecule has 0 amide bonds. The number of hydrogen-bond acceptors (Lipinski definition) is 5. The molecule has 1 rings (SSSR count). The van der Waals surface area contributed by atoms with Gasteiger partial charge in [-0.05, 0) is 12.1 Å². The molecular formula is C8H7ClN2O3S. The molecule has 1 aromatic carbocycles. The van der Waals surface area contributed by atoms with Gasteiger partial charge in [0.05, 0.1) is 16.5 Å². The van der Waals surface area contributed by atoms with E-state index in [9.17, 15) is 13.5 Å². The van der Waals surface area contributed by atoms with Crippen molar-refractivity contribution in [2.24, 2.45) is 5.73 Å². The molecule has 0 heterocycles. The van der Waals surface area contributed by atoms with Crippen LogP contribution in [0.4, 0.5) is 0 Å². The summed E-state index contributed by atoms with van der Waals surface area (Å²) in [5, 5.41) is 18.0. The van der Waals surface area contributed by atoms with Crippen LogP contribution in [0, 0.1) is 11.3 Å². The number of aromatic hydroxyl groups is 1. The summed E-state index contributed by atoms with van der Waals surface area (Å²) in [6.45, 7) is -0.182. The van der Waals surface area contributed by atoms with Gasteiger partial charge in [0.1, 0.15) is 5.75 Å². The molecule has 0 atom stereocenters. The van der Waals surface area contributed by atoms with Crippen molar-refractivity contribution in [1.29, 1.82) is 5.26 Å². The number of phenols is 1. The smallest absolute Gasteiger partial charge is 0.261 e. The monoisotopic (exact) mass is 246 g/mol. The van der Waals surface area contributed by atoms with Crippen LogP contribution in [0.2, 0.25) is 0 Å². The van der Waals surface area contributed by atoms with Gasteiger partial charge in [-0.1, -0.05) is 0 Å². The van der Waals surface area contributed by atoms with E-state index in [-0.39, 0.29) is 28.3 Å². The van der Waals surface area contributed by atoms with Crippen LogP contribution in [0.3, 0.4) is 0 Å². The summed E-state index contributed by atoms with van der Waals surface area (Å²) in [7, 11) is 1.12. The normalized spacial score (nSPS) is 11.0. The van der Waals surface area contributed by atoms with Crippen molar-refractivity contribution >= 4 is 19.7 Å². The molecule has 0 aliphatic carbocycles. The van der Waals surface area contributed by atoms with Crippen LogP contribution in [0.25, 0.3) is 0 Å². The molecule has 0 aromatic heterocycles. The molecule has 0 spiro atoms. The van der Waals surface area contributed by atoms with Crippen LogP contribution in [0.15, 0.2) is 17.0 Å². The maximum Gasteiger partial charge on any atom is 0.261 e. The summed E-state index contributed by atoms with van der Waals surface area (Å²) in [6.07, 6.45) is 0. The lowest BCUT2D eigenvalue weighted by atomic mass is 10.1. The summed E-state index contributed by atoms with van der Waals surface area (Å²) in [5.74, 6) is -0.351. The van der Waals surface area contributed by atoms with Gasteiger partial charge in [-0.25, -0.2) is 8.42 Å². The van der Waals surface area contributed by atoms with Gasteiger partial charge in [0.25, 0.3) is 9.05 Å². The summed E-state index contributed by atoms with van der Waals surface area (Å²) in [4.78, 5) is -0.330. The third-order valence-electron chi connectivity index (χ3n) is 1.78. The Balaban J connectivity index is 3.63. The molecule has 0 aliphatic rings. The maximum absolute atomic E-state index is 11.1. The fraction of sp³-hybridized carbons (Fsp3) is 0.125. The predicted molar refractivity (Wildman–Crippen MR) is 53.8 cm³/mol. The third kappa shape index (κ3) is 2.39. The second-order valence-electron chi connectivity index (χ2n) is 2.73. The lowest BCUT2D eigenvalue weighted by Crippen LogP contribution is -2.05. The number of nitrogens with two attached hydrogens (primary N) is 1. The van der Waals surface area contributed by atoms with Gasteiger partial charge >= 0.3 is 0 Å². The third-order valence-corrected chi connectivity index (χ3v) is 3.17. The molecule has 0 saturated carbocycles. The van der Waals surface area contributed by atoms with Gasteiger partial charge in [-0.2, -0.15) is 5.26 Å². The molecule has 7 heteroatoms. The average Bonchev–Trinajstić information content (AvgIpc) is 2.15. The molecule has 0 radical (unpaired) electrons. The molecule has 15 heavy (non-hydrogen) atoms. The minimum Gasteiger partial charge on any atom is -0.508 e. The topological polar surface area (TPSA) is 104 Å². The number of halogens is 1. The van der Waals surface area contributed by atoms with E-state index in [0.717, 1.165) is 12.1 Å². The number of nitrogens with zero attached hydrogens (tertiary/aromatic N) is 1. The first-order valence-electron chi connectivity index (χ1n) is 3.81. The Kier molecular flexibility index (Phi) is 3.19. The summed E-state index contributed by atoms with van der Waals surface area (Å²) >= 11 is 0. The van der Waals surface area contributed by atoms with Crippen molar-refractivity contribution < 1.29 is 13.5 Å². The molecule has 0 unspecified atom stereocenters. The molecular weight excluding hydrogens is 240 g/mol. The van der Waals surface area contributed by atoms with Crippen molar-refractivity contribution in [3.05, 3.63) is 23.3 Å². The summed E-state index contributed by atoms with van der Waals surface area (Å²) in [5.41, 5.74) is 5.28. The second kappa shape index (κ2) is 4.06. The first kappa shape index (κ1) is 11.8. The van der Waals surface area contributed by atoms with Crippen molar-refractivity contribution in [1.82, 2.24) is 0 Å². The summed E-state index contributed by atoms with van der Waals surface area (Å²) in [6, 6.07) is 3.91. The van der Waals surface area contributed by atoms with E-state index in [1.54, 1.807) is 6.07 Å². The van der Waals surface area contributed by atoms with Gasteiger partial charge in [-0.15, -0.1) is 0 Å². The first-order valence-corrected chi connectivity index (χ1v) is 6.11. The standard InChI is InChI=1S/C8H7ClN2O3S/c9-15(13,14)8-2-5(3-10)1-7(12)6(8)4-11/h1-2,12H,4,11H2. The zero-order valence-corrected chi connectivity index (χ0v) is 9.01. The number of rotatable bonds is 2. The van der Waals surface area contributed by atoms with E-state index in [0.29, 0.717) is 0 Å². The maximum atomic E-state index is 11.1. The minimum absolute atomic E-state index is 0.00363. The van der Waals surface area contributed by atoms with E-state index in [1.165, 1.54) is 0 Å². The average molecular weight is 247 g/mol. The molecule has 0 fully saturated rings. The molecule has 3 N–H and O–H groups in total.